The first-order chi connectivity index (χ1) is 14.1. The third kappa shape index (κ3) is 4.91. The molecule has 2 aromatic rings. The van der Waals surface area contributed by atoms with E-state index in [-0.39, 0.29) is 5.91 Å². The minimum absolute atomic E-state index is 0.156. The van der Waals surface area contributed by atoms with Gasteiger partial charge in [-0.25, -0.2) is 0 Å². The van der Waals surface area contributed by atoms with Gasteiger partial charge in [0.1, 0.15) is 12.4 Å². The lowest BCUT2D eigenvalue weighted by molar-refractivity contribution is -0.113. The topological polar surface area (TPSA) is 41.9 Å². The van der Waals surface area contributed by atoms with Crippen LogP contribution in [0.25, 0.3) is 6.08 Å². The molecule has 0 aliphatic carbocycles. The van der Waals surface area contributed by atoms with E-state index in [1.807, 2.05) is 30.3 Å². The van der Waals surface area contributed by atoms with Gasteiger partial charge in [-0.05, 0) is 55.2 Å². The van der Waals surface area contributed by atoms with E-state index < -0.39 is 0 Å². The number of ether oxygens (including phenoxy) is 1. The number of aliphatic imine (C=N–C) groups is 1. The number of hydrogen-bond donors (Lipinski definition) is 0. The first-order valence-corrected chi connectivity index (χ1v) is 10.9. The average molecular weight is 407 g/mol. The Morgan fingerprint density at radius 2 is 1.86 bits per heavy atom. The van der Waals surface area contributed by atoms with Gasteiger partial charge in [0.2, 0.25) is 0 Å². The van der Waals surface area contributed by atoms with Crippen molar-refractivity contribution in [1.29, 1.82) is 0 Å². The maximum atomic E-state index is 12.5. The molecule has 0 N–H and O–H groups in total. The van der Waals surface area contributed by atoms with Crippen LogP contribution in [-0.2, 0) is 11.4 Å². The zero-order chi connectivity index (χ0) is 20.2. The summed E-state index contributed by atoms with van der Waals surface area (Å²) in [4.78, 5) is 19.7. The van der Waals surface area contributed by atoms with Crippen LogP contribution in [0.2, 0.25) is 0 Å². The third-order valence-electron chi connectivity index (χ3n) is 5.38. The van der Waals surface area contributed by atoms with Crippen LogP contribution in [0, 0.1) is 12.8 Å². The first-order valence-electron chi connectivity index (χ1n) is 10.1. The predicted octanol–water partition coefficient (Wildman–Crippen LogP) is 5.28. The average Bonchev–Trinajstić information content (AvgIpc) is 3.09. The molecule has 0 bridgehead atoms. The van der Waals surface area contributed by atoms with Crippen molar-refractivity contribution in [3.8, 4) is 5.75 Å². The summed E-state index contributed by atoms with van der Waals surface area (Å²) in [5, 5.41) is 0.839. The number of rotatable bonds is 4. The largest absolute Gasteiger partial charge is 0.488 e. The summed E-state index contributed by atoms with van der Waals surface area (Å²) < 4.78 is 6.05. The van der Waals surface area contributed by atoms with Gasteiger partial charge < -0.3 is 9.64 Å². The van der Waals surface area contributed by atoms with E-state index in [2.05, 4.69) is 48.0 Å². The van der Waals surface area contributed by atoms with Crippen molar-refractivity contribution in [2.24, 2.45) is 10.9 Å². The number of piperidine rings is 1. The second-order valence-electron chi connectivity index (χ2n) is 7.79. The summed E-state index contributed by atoms with van der Waals surface area (Å²) in [6, 6.07) is 16.2. The maximum absolute atomic E-state index is 12.5. The van der Waals surface area contributed by atoms with Gasteiger partial charge in [-0.2, -0.15) is 4.99 Å². The molecular formula is C24H26N2O2S. The molecule has 5 heteroatoms. The first kappa shape index (κ1) is 19.8. The van der Waals surface area contributed by atoms with Crippen molar-refractivity contribution < 1.29 is 9.53 Å². The van der Waals surface area contributed by atoms with Crippen molar-refractivity contribution in [2.75, 3.05) is 13.1 Å². The highest BCUT2D eigenvalue weighted by atomic mass is 32.2. The molecule has 0 radical (unpaired) electrons. The Kier molecular flexibility index (Phi) is 6.05. The second-order valence-corrected chi connectivity index (χ2v) is 8.80. The van der Waals surface area contributed by atoms with Crippen LogP contribution in [0.15, 0.2) is 58.4 Å². The Morgan fingerprint density at radius 3 is 2.62 bits per heavy atom. The summed E-state index contributed by atoms with van der Waals surface area (Å²) in [6.45, 7) is 6.80. The monoisotopic (exact) mass is 406 g/mol. The molecule has 1 amide bonds. The Bertz CT molecular complexity index is 942. The van der Waals surface area contributed by atoms with Gasteiger partial charge in [0, 0.05) is 18.7 Å². The molecule has 1 fully saturated rings. The van der Waals surface area contributed by atoms with Gasteiger partial charge in [-0.1, -0.05) is 55.0 Å². The zero-order valence-corrected chi connectivity index (χ0v) is 17.7. The van der Waals surface area contributed by atoms with Gasteiger partial charge in [0.25, 0.3) is 5.91 Å². The number of amides is 1. The van der Waals surface area contributed by atoms with E-state index in [4.69, 9.17) is 4.74 Å². The van der Waals surface area contributed by atoms with Crippen LogP contribution in [0.5, 0.6) is 5.75 Å². The lowest BCUT2D eigenvalue weighted by Gasteiger charge is -2.30. The summed E-state index contributed by atoms with van der Waals surface area (Å²) in [7, 11) is 0. The highest BCUT2D eigenvalue weighted by molar-refractivity contribution is 8.18. The standard InChI is InChI=1S/C24H26N2O2S/c1-17-7-9-19(10-8-17)16-28-21-6-4-3-5-20(21)15-22-23(27)25-24(29-22)26-13-11-18(2)12-14-26/h3-10,15,18H,11-14,16H2,1-2H3/b22-15-. The Morgan fingerprint density at radius 1 is 1.14 bits per heavy atom. The number of carbonyl (C=O) groups excluding carboxylic acids is 1. The van der Waals surface area contributed by atoms with Gasteiger partial charge in [-0.3, -0.25) is 4.79 Å². The molecule has 1 saturated heterocycles. The van der Waals surface area contributed by atoms with E-state index in [0.717, 1.165) is 53.9 Å². The van der Waals surface area contributed by atoms with Gasteiger partial charge in [0.15, 0.2) is 5.17 Å². The summed E-state index contributed by atoms with van der Waals surface area (Å²) in [6.07, 6.45) is 4.21. The Labute approximate surface area is 176 Å². The third-order valence-corrected chi connectivity index (χ3v) is 6.43. The van der Waals surface area contributed by atoms with E-state index in [1.165, 1.54) is 17.3 Å². The minimum atomic E-state index is -0.156. The molecule has 0 saturated carbocycles. The van der Waals surface area contributed by atoms with Crippen molar-refractivity contribution in [3.63, 3.8) is 0 Å². The molecule has 0 unspecified atom stereocenters. The molecule has 29 heavy (non-hydrogen) atoms. The zero-order valence-electron chi connectivity index (χ0n) is 16.9. The Balaban J connectivity index is 1.46. The minimum Gasteiger partial charge on any atom is -0.488 e. The normalized spacial score (nSPS) is 19.0. The van der Waals surface area contributed by atoms with Gasteiger partial charge in [0.05, 0.1) is 4.91 Å². The number of carbonyl (C=O) groups is 1. The fourth-order valence-corrected chi connectivity index (χ4v) is 4.41. The quantitative estimate of drug-likeness (QED) is 0.648. The molecule has 2 aliphatic rings. The second kappa shape index (κ2) is 8.87. The maximum Gasteiger partial charge on any atom is 0.286 e. The van der Waals surface area contributed by atoms with Crippen molar-refractivity contribution in [2.45, 2.75) is 33.3 Å². The van der Waals surface area contributed by atoms with Crippen LogP contribution in [0.3, 0.4) is 0 Å². The van der Waals surface area contributed by atoms with E-state index >= 15 is 0 Å². The highest BCUT2D eigenvalue weighted by Gasteiger charge is 2.28. The van der Waals surface area contributed by atoms with E-state index in [0.29, 0.717) is 11.5 Å². The fourth-order valence-electron chi connectivity index (χ4n) is 3.45. The summed E-state index contributed by atoms with van der Waals surface area (Å²) >= 11 is 1.48. The number of thioether (sulfide) groups is 1. The van der Waals surface area contributed by atoms with E-state index in [9.17, 15) is 4.79 Å². The smallest absolute Gasteiger partial charge is 0.286 e. The van der Waals surface area contributed by atoms with Crippen LogP contribution < -0.4 is 4.74 Å². The molecule has 2 aromatic carbocycles. The molecule has 2 aliphatic heterocycles. The van der Waals surface area contributed by atoms with Crippen molar-refractivity contribution >= 4 is 28.9 Å². The molecule has 2 heterocycles. The molecule has 0 aromatic heterocycles. The molecule has 0 spiro atoms. The summed E-state index contributed by atoms with van der Waals surface area (Å²) in [5.74, 6) is 1.37. The number of benzene rings is 2. The number of para-hydroxylation sites is 1. The number of hydrogen-bond acceptors (Lipinski definition) is 4. The Hall–Kier alpha value is -2.53. The van der Waals surface area contributed by atoms with E-state index in [1.54, 1.807) is 0 Å². The molecule has 4 rings (SSSR count). The van der Waals surface area contributed by atoms with Crippen molar-refractivity contribution in [3.05, 3.63) is 70.1 Å². The van der Waals surface area contributed by atoms with Gasteiger partial charge in [-0.15, -0.1) is 0 Å². The summed E-state index contributed by atoms with van der Waals surface area (Å²) in [5.41, 5.74) is 3.25. The predicted molar refractivity (Wildman–Crippen MR) is 120 cm³/mol. The molecule has 0 atom stereocenters. The van der Waals surface area contributed by atoms with Crippen molar-refractivity contribution in [1.82, 2.24) is 4.90 Å². The van der Waals surface area contributed by atoms with Crippen LogP contribution in [-0.4, -0.2) is 29.1 Å². The fraction of sp³-hybridized carbons (Fsp3) is 0.333. The number of nitrogens with zero attached hydrogens (tertiary/aromatic N) is 2. The number of aryl methyl sites for hydroxylation is 1. The number of likely N-dealkylation sites (tertiary alicyclic amines) is 1. The van der Waals surface area contributed by atoms with Crippen LogP contribution in [0.4, 0.5) is 0 Å². The molecule has 4 nitrogen and oxygen atoms in total. The lowest BCUT2D eigenvalue weighted by Crippen LogP contribution is -2.35. The highest BCUT2D eigenvalue weighted by Crippen LogP contribution is 2.33. The molecular weight excluding hydrogens is 380 g/mol. The lowest BCUT2D eigenvalue weighted by atomic mass is 10.00. The van der Waals surface area contributed by atoms with Gasteiger partial charge >= 0.3 is 0 Å². The van der Waals surface area contributed by atoms with Crippen LogP contribution >= 0.6 is 11.8 Å². The SMILES string of the molecule is Cc1ccc(COc2ccccc2/C=C2\SC(N3CCC(C)CC3)=NC2=O)cc1. The van der Waals surface area contributed by atoms with Crippen LogP contribution in [0.1, 0.15) is 36.5 Å². The number of amidine groups is 1. The molecule has 150 valence electrons.